The van der Waals surface area contributed by atoms with E-state index in [4.69, 9.17) is 23.2 Å². The van der Waals surface area contributed by atoms with E-state index in [2.05, 4.69) is 5.32 Å². The van der Waals surface area contributed by atoms with E-state index >= 15 is 0 Å². The van der Waals surface area contributed by atoms with Gasteiger partial charge in [-0.2, -0.15) is 0 Å². The molecule has 0 bridgehead atoms. The minimum absolute atomic E-state index is 0.126. The second-order valence-electron chi connectivity index (χ2n) is 4.45. The van der Waals surface area contributed by atoms with Crippen molar-refractivity contribution < 1.29 is 4.79 Å². The second kappa shape index (κ2) is 5.91. The van der Waals surface area contributed by atoms with Gasteiger partial charge < -0.3 is 10.2 Å². The van der Waals surface area contributed by atoms with Crippen molar-refractivity contribution in [2.45, 2.75) is 18.9 Å². The summed E-state index contributed by atoms with van der Waals surface area (Å²) in [5.74, 6) is 0.131. The molecule has 3 nitrogen and oxygen atoms in total. The van der Waals surface area contributed by atoms with Gasteiger partial charge in [0.1, 0.15) is 0 Å². The predicted molar refractivity (Wildman–Crippen MR) is 74.1 cm³/mol. The van der Waals surface area contributed by atoms with Crippen LogP contribution in [0.3, 0.4) is 0 Å². The maximum absolute atomic E-state index is 12.0. The van der Waals surface area contributed by atoms with Crippen LogP contribution in [-0.4, -0.2) is 30.9 Å². The lowest BCUT2D eigenvalue weighted by Crippen LogP contribution is -2.36. The molecule has 0 aromatic heterocycles. The van der Waals surface area contributed by atoms with Crippen molar-refractivity contribution in [1.29, 1.82) is 0 Å². The fourth-order valence-corrected chi connectivity index (χ4v) is 2.69. The quantitative estimate of drug-likeness (QED) is 0.927. The Morgan fingerprint density at radius 3 is 2.89 bits per heavy atom. The lowest BCUT2D eigenvalue weighted by atomic mass is 10.0. The molecule has 1 aromatic rings. The summed E-state index contributed by atoms with van der Waals surface area (Å²) in [6, 6.07) is 5.72. The minimum Gasteiger partial charge on any atom is -0.335 e. The smallest absolute Gasteiger partial charge is 0.237 e. The van der Waals surface area contributed by atoms with Gasteiger partial charge in [-0.25, -0.2) is 0 Å². The van der Waals surface area contributed by atoms with Crippen LogP contribution in [0, 0.1) is 0 Å². The van der Waals surface area contributed by atoms with Gasteiger partial charge in [-0.3, -0.25) is 4.79 Å². The largest absolute Gasteiger partial charge is 0.335 e. The Bertz CT molecular complexity index is 451. The fourth-order valence-electron chi connectivity index (χ4n) is 2.38. The van der Waals surface area contributed by atoms with E-state index in [9.17, 15) is 4.79 Å². The molecule has 1 N–H and O–H groups in total. The highest BCUT2D eigenvalue weighted by atomic mass is 35.5. The van der Waals surface area contributed by atoms with E-state index in [1.54, 1.807) is 13.1 Å². The highest BCUT2D eigenvalue weighted by molar-refractivity contribution is 6.42. The molecule has 1 aliphatic rings. The summed E-state index contributed by atoms with van der Waals surface area (Å²) in [4.78, 5) is 13.9. The van der Waals surface area contributed by atoms with Gasteiger partial charge in [0.15, 0.2) is 0 Å². The number of benzene rings is 1. The zero-order chi connectivity index (χ0) is 13.1. The Morgan fingerprint density at radius 2 is 2.22 bits per heavy atom. The molecule has 1 aliphatic heterocycles. The summed E-state index contributed by atoms with van der Waals surface area (Å²) in [7, 11) is 1.78. The molecule has 2 rings (SSSR count). The van der Waals surface area contributed by atoms with Gasteiger partial charge in [-0.1, -0.05) is 29.3 Å². The number of halogens is 2. The SMILES string of the molecule is CNCC(=O)N1CCCC1c1ccc(Cl)c(Cl)c1. The van der Waals surface area contributed by atoms with Gasteiger partial charge >= 0.3 is 0 Å². The highest BCUT2D eigenvalue weighted by Crippen LogP contribution is 2.34. The van der Waals surface area contributed by atoms with Crippen LogP contribution in [0.1, 0.15) is 24.4 Å². The number of nitrogens with one attached hydrogen (secondary N) is 1. The topological polar surface area (TPSA) is 32.3 Å². The first-order chi connectivity index (χ1) is 8.63. The van der Waals surface area contributed by atoms with E-state index < -0.39 is 0 Å². The second-order valence-corrected chi connectivity index (χ2v) is 5.26. The molecular weight excluding hydrogens is 271 g/mol. The molecular formula is C13H16Cl2N2O. The molecule has 1 heterocycles. The highest BCUT2D eigenvalue weighted by Gasteiger charge is 2.29. The Kier molecular flexibility index (Phi) is 4.49. The van der Waals surface area contributed by atoms with E-state index in [-0.39, 0.29) is 11.9 Å². The number of hydrogen-bond acceptors (Lipinski definition) is 2. The van der Waals surface area contributed by atoms with Crippen LogP contribution in [0.15, 0.2) is 18.2 Å². The van der Waals surface area contributed by atoms with Gasteiger partial charge in [-0.15, -0.1) is 0 Å². The van der Waals surface area contributed by atoms with Crippen LogP contribution in [0.4, 0.5) is 0 Å². The third-order valence-electron chi connectivity index (χ3n) is 3.23. The summed E-state index contributed by atoms with van der Waals surface area (Å²) in [5, 5.41) is 3.99. The molecule has 0 aliphatic carbocycles. The van der Waals surface area contributed by atoms with Crippen molar-refractivity contribution in [3.63, 3.8) is 0 Å². The molecule has 1 atom stereocenters. The molecule has 1 saturated heterocycles. The summed E-state index contributed by atoms with van der Waals surface area (Å²) in [6.07, 6.45) is 2.01. The van der Waals surface area contributed by atoms with Crippen molar-refractivity contribution in [2.75, 3.05) is 20.1 Å². The first-order valence-corrected chi connectivity index (χ1v) is 6.78. The molecule has 0 spiro atoms. The van der Waals surface area contributed by atoms with Crippen molar-refractivity contribution in [3.05, 3.63) is 33.8 Å². The lowest BCUT2D eigenvalue weighted by molar-refractivity contribution is -0.131. The summed E-state index contributed by atoms with van der Waals surface area (Å²) < 4.78 is 0. The number of likely N-dealkylation sites (N-methyl/N-ethyl adjacent to an activating group) is 1. The Balaban J connectivity index is 2.20. The van der Waals surface area contributed by atoms with E-state index in [1.165, 1.54) is 0 Å². The predicted octanol–water partition coefficient (Wildman–Crippen LogP) is 2.88. The lowest BCUT2D eigenvalue weighted by Gasteiger charge is -2.25. The van der Waals surface area contributed by atoms with Crippen LogP contribution >= 0.6 is 23.2 Å². The molecule has 18 heavy (non-hydrogen) atoms. The van der Waals surface area contributed by atoms with Crippen LogP contribution in [-0.2, 0) is 4.79 Å². The fraction of sp³-hybridized carbons (Fsp3) is 0.462. The maximum Gasteiger partial charge on any atom is 0.237 e. The number of carbonyl (C=O) groups is 1. The molecule has 0 saturated carbocycles. The van der Waals surface area contributed by atoms with E-state index in [1.807, 2.05) is 17.0 Å². The number of carbonyl (C=O) groups excluding carboxylic acids is 1. The zero-order valence-corrected chi connectivity index (χ0v) is 11.8. The van der Waals surface area contributed by atoms with Crippen molar-refractivity contribution in [3.8, 4) is 0 Å². The zero-order valence-electron chi connectivity index (χ0n) is 10.2. The van der Waals surface area contributed by atoms with Crippen LogP contribution in [0.5, 0.6) is 0 Å². The molecule has 1 amide bonds. The minimum atomic E-state index is 0.126. The first-order valence-electron chi connectivity index (χ1n) is 6.02. The van der Waals surface area contributed by atoms with Gasteiger partial charge in [0.2, 0.25) is 5.91 Å². The number of likely N-dealkylation sites (tertiary alicyclic amines) is 1. The average Bonchev–Trinajstić information content (AvgIpc) is 2.82. The van der Waals surface area contributed by atoms with E-state index in [0.717, 1.165) is 24.9 Å². The van der Waals surface area contributed by atoms with Gasteiger partial charge in [-0.05, 0) is 37.6 Å². The number of rotatable bonds is 3. The van der Waals surface area contributed by atoms with Gasteiger partial charge in [0.05, 0.1) is 22.6 Å². The third-order valence-corrected chi connectivity index (χ3v) is 3.97. The number of hydrogen-bond donors (Lipinski definition) is 1. The van der Waals surface area contributed by atoms with Crippen LogP contribution < -0.4 is 5.32 Å². The maximum atomic E-state index is 12.0. The third kappa shape index (κ3) is 2.79. The molecule has 5 heteroatoms. The Hall–Kier alpha value is -0.770. The molecule has 1 aromatic carbocycles. The molecule has 1 fully saturated rings. The summed E-state index contributed by atoms with van der Waals surface area (Å²) in [5.41, 5.74) is 1.06. The monoisotopic (exact) mass is 286 g/mol. The van der Waals surface area contributed by atoms with Crippen molar-refractivity contribution in [2.24, 2.45) is 0 Å². The summed E-state index contributed by atoms with van der Waals surface area (Å²) >= 11 is 11.9. The van der Waals surface area contributed by atoms with Gasteiger partial charge in [0, 0.05) is 6.54 Å². The Labute approximate surface area is 117 Å². The van der Waals surface area contributed by atoms with E-state index in [0.29, 0.717) is 16.6 Å². The number of amides is 1. The standard InChI is InChI=1S/C13H16Cl2N2O/c1-16-8-13(18)17-6-2-3-12(17)9-4-5-10(14)11(15)7-9/h4-5,7,12,16H,2-3,6,8H2,1H3. The van der Waals surface area contributed by atoms with Crippen molar-refractivity contribution >= 4 is 29.1 Å². The average molecular weight is 287 g/mol. The Morgan fingerprint density at radius 1 is 1.44 bits per heavy atom. The molecule has 0 radical (unpaired) electrons. The summed E-state index contributed by atoms with van der Waals surface area (Å²) in [6.45, 7) is 1.18. The van der Waals surface area contributed by atoms with Crippen LogP contribution in [0.25, 0.3) is 0 Å². The van der Waals surface area contributed by atoms with Crippen molar-refractivity contribution in [1.82, 2.24) is 10.2 Å². The first kappa shape index (κ1) is 13.7. The molecule has 98 valence electrons. The van der Waals surface area contributed by atoms with Gasteiger partial charge in [0.25, 0.3) is 0 Å². The van der Waals surface area contributed by atoms with Crippen LogP contribution in [0.2, 0.25) is 10.0 Å². The molecule has 1 unspecified atom stereocenters. The normalized spacial score (nSPS) is 19.3. The number of nitrogens with zero attached hydrogens (tertiary/aromatic N) is 1.